The molecule has 3 rings (SSSR count). The highest BCUT2D eigenvalue weighted by Gasteiger charge is 2.13. The summed E-state index contributed by atoms with van der Waals surface area (Å²) in [5.74, 6) is -0.453. The Kier molecular flexibility index (Phi) is 4.81. The molecule has 0 fully saturated rings. The molecule has 0 aliphatic heterocycles. The van der Waals surface area contributed by atoms with Crippen LogP contribution in [-0.4, -0.2) is 22.6 Å². The number of carbonyl (C=O) groups excluding carboxylic acids is 2. The smallest absolute Gasteiger partial charge is 0.272 e. The second-order valence-corrected chi connectivity index (χ2v) is 6.95. The van der Waals surface area contributed by atoms with Crippen LogP contribution in [0.4, 0.5) is 5.69 Å². The first-order chi connectivity index (χ1) is 11.9. The van der Waals surface area contributed by atoms with Crippen molar-refractivity contribution in [2.45, 2.75) is 18.7 Å². The summed E-state index contributed by atoms with van der Waals surface area (Å²) in [5.41, 5.74) is 9.57. The summed E-state index contributed by atoms with van der Waals surface area (Å²) < 4.78 is 0. The van der Waals surface area contributed by atoms with Crippen molar-refractivity contribution in [1.29, 1.82) is 0 Å². The Morgan fingerprint density at radius 1 is 1.16 bits per heavy atom. The number of carbonyl (C=O) groups is 2. The third-order valence-corrected chi connectivity index (χ3v) is 4.93. The van der Waals surface area contributed by atoms with Crippen molar-refractivity contribution in [3.63, 3.8) is 0 Å². The van der Waals surface area contributed by atoms with Gasteiger partial charge in [-0.15, -0.1) is 11.8 Å². The molecule has 0 aliphatic carbocycles. The number of thioether (sulfide) groups is 1. The topological polar surface area (TPSA) is 88.0 Å². The van der Waals surface area contributed by atoms with E-state index in [0.29, 0.717) is 11.4 Å². The standard InChI is InChI=1S/C19H19N3O2S/c1-11-7-12(2)13-9-16(21-15(13)8-11)19(24)22-14-5-3-4-6-17(14)25-10-18(20)23/h3-9,21H,10H2,1-2H3,(H2,20,23)(H,22,24). The lowest BCUT2D eigenvalue weighted by Crippen LogP contribution is -2.15. The van der Waals surface area contributed by atoms with Gasteiger partial charge in [0.2, 0.25) is 5.91 Å². The molecule has 0 aliphatic rings. The fraction of sp³-hybridized carbons (Fsp3) is 0.158. The molecule has 5 nitrogen and oxygen atoms in total. The van der Waals surface area contributed by atoms with Gasteiger partial charge in [-0.2, -0.15) is 0 Å². The average molecular weight is 353 g/mol. The van der Waals surface area contributed by atoms with E-state index in [1.807, 2.05) is 44.2 Å². The molecular formula is C19H19N3O2S. The normalized spacial score (nSPS) is 10.8. The minimum atomic E-state index is -0.396. The Labute approximate surface area is 150 Å². The number of amides is 2. The van der Waals surface area contributed by atoms with E-state index in [2.05, 4.69) is 16.4 Å². The molecule has 0 saturated carbocycles. The number of para-hydroxylation sites is 1. The maximum Gasteiger partial charge on any atom is 0.272 e. The van der Waals surface area contributed by atoms with Gasteiger partial charge in [0.05, 0.1) is 11.4 Å². The highest BCUT2D eigenvalue weighted by Crippen LogP contribution is 2.28. The van der Waals surface area contributed by atoms with Gasteiger partial charge >= 0.3 is 0 Å². The van der Waals surface area contributed by atoms with E-state index in [1.165, 1.54) is 11.8 Å². The van der Waals surface area contributed by atoms with Crippen molar-refractivity contribution in [3.05, 3.63) is 59.3 Å². The molecule has 0 bridgehead atoms. The molecule has 2 aromatic carbocycles. The van der Waals surface area contributed by atoms with E-state index in [4.69, 9.17) is 5.73 Å². The van der Waals surface area contributed by atoms with Crippen LogP contribution in [0.15, 0.2) is 47.4 Å². The van der Waals surface area contributed by atoms with Crippen molar-refractivity contribution < 1.29 is 9.59 Å². The molecule has 25 heavy (non-hydrogen) atoms. The number of nitrogens with two attached hydrogens (primary N) is 1. The monoisotopic (exact) mass is 353 g/mol. The van der Waals surface area contributed by atoms with E-state index < -0.39 is 5.91 Å². The number of aromatic nitrogens is 1. The number of hydrogen-bond donors (Lipinski definition) is 3. The van der Waals surface area contributed by atoms with E-state index >= 15 is 0 Å². The number of nitrogens with one attached hydrogen (secondary N) is 2. The second-order valence-electron chi connectivity index (χ2n) is 5.93. The maximum atomic E-state index is 12.6. The average Bonchev–Trinajstić information content (AvgIpc) is 2.98. The Hall–Kier alpha value is -2.73. The lowest BCUT2D eigenvalue weighted by molar-refractivity contribution is -0.115. The van der Waals surface area contributed by atoms with Gasteiger partial charge in [-0.3, -0.25) is 9.59 Å². The molecule has 0 spiro atoms. The van der Waals surface area contributed by atoms with Gasteiger partial charge in [0.25, 0.3) is 5.91 Å². The highest BCUT2D eigenvalue weighted by molar-refractivity contribution is 8.00. The Morgan fingerprint density at radius 3 is 2.68 bits per heavy atom. The molecule has 6 heteroatoms. The third kappa shape index (κ3) is 3.85. The molecule has 4 N–H and O–H groups in total. The quantitative estimate of drug-likeness (QED) is 0.612. The van der Waals surface area contributed by atoms with Crippen LogP contribution in [0, 0.1) is 13.8 Å². The lowest BCUT2D eigenvalue weighted by Gasteiger charge is -2.09. The predicted octanol–water partition coefficient (Wildman–Crippen LogP) is 3.61. The van der Waals surface area contributed by atoms with E-state index in [-0.39, 0.29) is 11.7 Å². The Bertz CT molecular complexity index is 962. The second kappa shape index (κ2) is 7.03. The number of primary amides is 1. The third-order valence-electron chi connectivity index (χ3n) is 3.84. The van der Waals surface area contributed by atoms with Crippen molar-refractivity contribution in [1.82, 2.24) is 4.98 Å². The molecule has 3 aromatic rings. The van der Waals surface area contributed by atoms with Crippen molar-refractivity contribution in [2.24, 2.45) is 5.73 Å². The molecule has 128 valence electrons. The molecule has 0 saturated heterocycles. The zero-order valence-corrected chi connectivity index (χ0v) is 14.9. The van der Waals surface area contributed by atoms with Gasteiger partial charge in [-0.1, -0.05) is 18.2 Å². The van der Waals surface area contributed by atoms with E-state index in [0.717, 1.165) is 26.9 Å². The zero-order valence-electron chi connectivity index (χ0n) is 14.1. The van der Waals surface area contributed by atoms with Gasteiger partial charge in [-0.05, 0) is 49.2 Å². The number of rotatable bonds is 5. The van der Waals surface area contributed by atoms with Crippen molar-refractivity contribution in [3.8, 4) is 0 Å². The zero-order chi connectivity index (χ0) is 18.0. The van der Waals surface area contributed by atoms with E-state index in [9.17, 15) is 9.59 Å². The largest absolute Gasteiger partial charge is 0.369 e. The molecule has 0 radical (unpaired) electrons. The van der Waals surface area contributed by atoms with Gasteiger partial charge in [0.1, 0.15) is 5.69 Å². The summed E-state index contributed by atoms with van der Waals surface area (Å²) in [6.45, 7) is 4.06. The van der Waals surface area contributed by atoms with Crippen LogP contribution in [0.3, 0.4) is 0 Å². The first-order valence-corrected chi connectivity index (χ1v) is 8.84. The maximum absolute atomic E-state index is 12.6. The summed E-state index contributed by atoms with van der Waals surface area (Å²) in [5, 5.41) is 3.94. The summed E-state index contributed by atoms with van der Waals surface area (Å²) in [7, 11) is 0. The number of aryl methyl sites for hydroxylation is 2. The fourth-order valence-electron chi connectivity index (χ4n) is 2.76. The number of hydrogen-bond acceptors (Lipinski definition) is 3. The van der Waals surface area contributed by atoms with Crippen LogP contribution in [0.25, 0.3) is 10.9 Å². The van der Waals surface area contributed by atoms with Gasteiger partial charge in [-0.25, -0.2) is 0 Å². The minimum absolute atomic E-state index is 0.164. The summed E-state index contributed by atoms with van der Waals surface area (Å²) in [6.07, 6.45) is 0. The molecule has 0 atom stereocenters. The molecular weight excluding hydrogens is 334 g/mol. The summed E-state index contributed by atoms with van der Waals surface area (Å²) in [4.78, 5) is 27.6. The van der Waals surface area contributed by atoms with Crippen LogP contribution in [0.2, 0.25) is 0 Å². The van der Waals surface area contributed by atoms with Crippen molar-refractivity contribution in [2.75, 3.05) is 11.1 Å². The van der Waals surface area contributed by atoms with Crippen LogP contribution in [0.5, 0.6) is 0 Å². The van der Waals surface area contributed by atoms with Crippen LogP contribution >= 0.6 is 11.8 Å². The minimum Gasteiger partial charge on any atom is -0.369 e. The number of anilines is 1. The fourth-order valence-corrected chi connectivity index (χ4v) is 3.50. The number of aromatic amines is 1. The number of H-pyrrole nitrogens is 1. The molecule has 1 aromatic heterocycles. The van der Waals surface area contributed by atoms with Gasteiger partial charge < -0.3 is 16.0 Å². The highest BCUT2D eigenvalue weighted by atomic mass is 32.2. The first kappa shape index (κ1) is 17.1. The van der Waals surface area contributed by atoms with Gasteiger partial charge in [0, 0.05) is 15.8 Å². The molecule has 2 amide bonds. The predicted molar refractivity (Wildman–Crippen MR) is 102 cm³/mol. The van der Waals surface area contributed by atoms with Gasteiger partial charge in [0.15, 0.2) is 0 Å². The first-order valence-electron chi connectivity index (χ1n) is 7.85. The van der Waals surface area contributed by atoms with Crippen molar-refractivity contribution >= 4 is 40.2 Å². The Balaban J connectivity index is 1.85. The summed E-state index contributed by atoms with van der Waals surface area (Å²) in [6, 6.07) is 13.3. The number of fused-ring (bicyclic) bond motifs is 1. The van der Waals surface area contributed by atoms with Crippen LogP contribution < -0.4 is 11.1 Å². The van der Waals surface area contributed by atoms with Crippen LogP contribution in [-0.2, 0) is 4.79 Å². The summed E-state index contributed by atoms with van der Waals surface area (Å²) >= 11 is 1.30. The van der Waals surface area contributed by atoms with E-state index in [1.54, 1.807) is 6.07 Å². The SMILES string of the molecule is Cc1cc(C)c2cc(C(=O)Nc3ccccc3SCC(N)=O)[nH]c2c1. The molecule has 0 unspecified atom stereocenters. The Morgan fingerprint density at radius 2 is 1.92 bits per heavy atom. The van der Waals surface area contributed by atoms with Crippen LogP contribution in [0.1, 0.15) is 21.6 Å². The molecule has 1 heterocycles. The lowest BCUT2D eigenvalue weighted by atomic mass is 10.1. The number of benzene rings is 2.